The second-order valence-corrected chi connectivity index (χ2v) is 8.37. The number of carbonyl (C=O) groups excluding carboxylic acids is 1. The standard InChI is InChI=1S/C19H16Br2N2O2S/c1-22-19-23(2)18(24)17(26-19)10-13-5-8-16(15(21)9-13)25-11-12-3-6-14(20)7-4-12/h3-10H,11H2,1-2H3/b17-10+,22-19?. The molecule has 0 aromatic heterocycles. The van der Waals surface area contributed by atoms with Crippen LogP contribution in [0.5, 0.6) is 5.75 Å². The van der Waals surface area contributed by atoms with Gasteiger partial charge < -0.3 is 4.74 Å². The van der Waals surface area contributed by atoms with Crippen LogP contribution in [0.4, 0.5) is 0 Å². The summed E-state index contributed by atoms with van der Waals surface area (Å²) < 4.78 is 7.77. The Morgan fingerprint density at radius 1 is 1.19 bits per heavy atom. The highest BCUT2D eigenvalue weighted by Crippen LogP contribution is 2.33. The normalized spacial score (nSPS) is 17.4. The van der Waals surface area contributed by atoms with Crippen molar-refractivity contribution in [1.29, 1.82) is 0 Å². The molecular formula is C19H16Br2N2O2S. The maximum absolute atomic E-state index is 12.2. The molecule has 1 aliphatic rings. The van der Waals surface area contributed by atoms with Crippen LogP contribution in [0.3, 0.4) is 0 Å². The third kappa shape index (κ3) is 4.39. The number of nitrogens with zero attached hydrogens (tertiary/aromatic N) is 2. The average Bonchev–Trinajstić information content (AvgIpc) is 2.90. The number of halogens is 2. The first-order valence-electron chi connectivity index (χ1n) is 7.79. The largest absolute Gasteiger partial charge is 0.488 e. The van der Waals surface area contributed by atoms with E-state index in [1.807, 2.05) is 48.5 Å². The Hall–Kier alpha value is -1.57. The van der Waals surface area contributed by atoms with E-state index in [4.69, 9.17) is 4.74 Å². The highest BCUT2D eigenvalue weighted by atomic mass is 79.9. The van der Waals surface area contributed by atoms with Crippen molar-refractivity contribution in [1.82, 2.24) is 4.90 Å². The number of carbonyl (C=O) groups is 1. The monoisotopic (exact) mass is 494 g/mol. The third-order valence-electron chi connectivity index (χ3n) is 3.76. The van der Waals surface area contributed by atoms with Gasteiger partial charge in [0.2, 0.25) is 0 Å². The summed E-state index contributed by atoms with van der Waals surface area (Å²) in [5, 5.41) is 0.703. The molecule has 7 heteroatoms. The number of amides is 1. The van der Waals surface area contributed by atoms with Gasteiger partial charge in [-0.15, -0.1) is 0 Å². The van der Waals surface area contributed by atoms with Gasteiger partial charge in [0.05, 0.1) is 9.38 Å². The third-order valence-corrected chi connectivity index (χ3v) is 6.06. The number of hydrogen-bond donors (Lipinski definition) is 0. The Labute approximate surface area is 173 Å². The average molecular weight is 496 g/mol. The minimum atomic E-state index is -0.0395. The van der Waals surface area contributed by atoms with Gasteiger partial charge in [-0.2, -0.15) is 0 Å². The summed E-state index contributed by atoms with van der Waals surface area (Å²) in [4.78, 5) is 18.6. The Morgan fingerprint density at radius 2 is 1.92 bits per heavy atom. The highest BCUT2D eigenvalue weighted by Gasteiger charge is 2.29. The molecule has 0 aliphatic carbocycles. The molecule has 4 nitrogen and oxygen atoms in total. The van der Waals surface area contributed by atoms with E-state index in [-0.39, 0.29) is 5.91 Å². The Morgan fingerprint density at radius 3 is 2.54 bits per heavy atom. The van der Waals surface area contributed by atoms with Crippen LogP contribution in [-0.2, 0) is 11.4 Å². The lowest BCUT2D eigenvalue weighted by molar-refractivity contribution is -0.121. The summed E-state index contributed by atoms with van der Waals surface area (Å²) in [5.74, 6) is 0.718. The lowest BCUT2D eigenvalue weighted by Crippen LogP contribution is -2.23. The van der Waals surface area contributed by atoms with Crippen molar-refractivity contribution in [3.05, 3.63) is 67.4 Å². The molecule has 0 spiro atoms. The van der Waals surface area contributed by atoms with Crippen LogP contribution >= 0.6 is 43.6 Å². The van der Waals surface area contributed by atoms with Crippen molar-refractivity contribution < 1.29 is 9.53 Å². The van der Waals surface area contributed by atoms with E-state index in [1.165, 1.54) is 11.8 Å². The maximum Gasteiger partial charge on any atom is 0.266 e. The van der Waals surface area contributed by atoms with Crippen molar-refractivity contribution in [3.8, 4) is 5.75 Å². The van der Waals surface area contributed by atoms with E-state index in [2.05, 4.69) is 36.9 Å². The van der Waals surface area contributed by atoms with Crippen molar-refractivity contribution in [2.24, 2.45) is 4.99 Å². The minimum Gasteiger partial charge on any atom is -0.488 e. The van der Waals surface area contributed by atoms with Gasteiger partial charge in [0.15, 0.2) is 5.17 Å². The number of benzene rings is 2. The SMILES string of the molecule is CN=C1S/C(=C/c2ccc(OCc3ccc(Br)cc3)c(Br)c2)C(=O)N1C. The summed E-state index contributed by atoms with van der Waals surface area (Å²) in [5.41, 5.74) is 2.02. The topological polar surface area (TPSA) is 41.9 Å². The van der Waals surface area contributed by atoms with Gasteiger partial charge in [0.1, 0.15) is 12.4 Å². The molecule has 3 rings (SSSR count). The van der Waals surface area contributed by atoms with E-state index >= 15 is 0 Å². The summed E-state index contributed by atoms with van der Waals surface area (Å²) >= 11 is 8.35. The zero-order valence-electron chi connectivity index (χ0n) is 14.2. The van der Waals surface area contributed by atoms with E-state index in [0.717, 1.165) is 25.8 Å². The van der Waals surface area contributed by atoms with E-state index in [9.17, 15) is 4.79 Å². The maximum atomic E-state index is 12.2. The molecule has 1 saturated heterocycles. The van der Waals surface area contributed by atoms with Crippen molar-refractivity contribution in [2.75, 3.05) is 14.1 Å². The van der Waals surface area contributed by atoms with Crippen LogP contribution in [0.2, 0.25) is 0 Å². The van der Waals surface area contributed by atoms with Gasteiger partial charge in [-0.3, -0.25) is 14.7 Å². The summed E-state index contributed by atoms with van der Waals surface area (Å²) in [6.45, 7) is 0.488. The molecule has 0 radical (unpaired) electrons. The fourth-order valence-electron chi connectivity index (χ4n) is 2.37. The first-order chi connectivity index (χ1) is 12.5. The van der Waals surface area contributed by atoms with Gasteiger partial charge in [0, 0.05) is 18.6 Å². The van der Waals surface area contributed by atoms with Gasteiger partial charge in [-0.05, 0) is 69.2 Å². The molecule has 0 atom stereocenters. The second-order valence-electron chi connectivity index (χ2n) is 5.59. The quantitative estimate of drug-likeness (QED) is 0.539. The Bertz CT molecular complexity index is 895. The molecule has 1 fully saturated rings. The molecule has 0 N–H and O–H groups in total. The molecule has 0 unspecified atom stereocenters. The van der Waals surface area contributed by atoms with Crippen LogP contribution < -0.4 is 4.74 Å². The molecular weight excluding hydrogens is 480 g/mol. The van der Waals surface area contributed by atoms with Crippen molar-refractivity contribution >= 4 is 60.8 Å². The predicted octanol–water partition coefficient (Wildman–Crippen LogP) is 5.32. The van der Waals surface area contributed by atoms with Crippen LogP contribution in [0, 0.1) is 0 Å². The van der Waals surface area contributed by atoms with Gasteiger partial charge in [-0.1, -0.05) is 34.1 Å². The molecule has 2 aromatic rings. The van der Waals surface area contributed by atoms with Crippen molar-refractivity contribution in [3.63, 3.8) is 0 Å². The molecule has 0 saturated carbocycles. The molecule has 2 aromatic carbocycles. The molecule has 134 valence electrons. The van der Waals surface area contributed by atoms with Gasteiger partial charge in [-0.25, -0.2) is 0 Å². The summed E-state index contributed by atoms with van der Waals surface area (Å²) in [6, 6.07) is 13.8. The number of hydrogen-bond acceptors (Lipinski definition) is 4. The fourth-order valence-corrected chi connectivity index (χ4v) is 4.07. The summed E-state index contributed by atoms with van der Waals surface area (Å²) in [6.07, 6.45) is 1.87. The zero-order valence-corrected chi connectivity index (χ0v) is 18.2. The second kappa shape index (κ2) is 8.41. The lowest BCUT2D eigenvalue weighted by atomic mass is 10.2. The smallest absolute Gasteiger partial charge is 0.266 e. The minimum absolute atomic E-state index is 0.0395. The van der Waals surface area contributed by atoms with E-state index < -0.39 is 0 Å². The van der Waals surface area contributed by atoms with Gasteiger partial charge >= 0.3 is 0 Å². The number of aliphatic imine (C=N–C) groups is 1. The van der Waals surface area contributed by atoms with Crippen LogP contribution in [-0.4, -0.2) is 30.1 Å². The van der Waals surface area contributed by atoms with Gasteiger partial charge in [0.25, 0.3) is 5.91 Å². The van der Waals surface area contributed by atoms with Crippen LogP contribution in [0.25, 0.3) is 6.08 Å². The number of ether oxygens (including phenoxy) is 1. The van der Waals surface area contributed by atoms with E-state index in [0.29, 0.717) is 16.7 Å². The first kappa shape index (κ1) is 19.2. The summed E-state index contributed by atoms with van der Waals surface area (Å²) in [7, 11) is 3.41. The number of thioether (sulfide) groups is 1. The molecule has 26 heavy (non-hydrogen) atoms. The molecule has 1 aliphatic heterocycles. The Balaban J connectivity index is 1.72. The first-order valence-corrected chi connectivity index (χ1v) is 10.2. The van der Waals surface area contributed by atoms with Crippen LogP contribution in [0.15, 0.2) is 61.3 Å². The number of amidine groups is 1. The molecule has 1 amide bonds. The lowest BCUT2D eigenvalue weighted by Gasteiger charge is -2.09. The Kier molecular flexibility index (Phi) is 6.21. The predicted molar refractivity (Wildman–Crippen MR) is 114 cm³/mol. The van der Waals surface area contributed by atoms with E-state index in [1.54, 1.807) is 19.0 Å². The molecule has 1 heterocycles. The highest BCUT2D eigenvalue weighted by molar-refractivity contribution is 9.10. The van der Waals surface area contributed by atoms with Crippen molar-refractivity contribution in [2.45, 2.75) is 6.61 Å². The molecule has 0 bridgehead atoms. The fraction of sp³-hybridized carbons (Fsp3) is 0.158. The number of likely N-dealkylation sites (N-methyl/N-ethyl adjacent to an activating group) is 1. The van der Waals surface area contributed by atoms with Crippen LogP contribution in [0.1, 0.15) is 11.1 Å². The zero-order chi connectivity index (χ0) is 18.7. The number of rotatable bonds is 4.